The number of ether oxygens (including phenoxy) is 1. The van der Waals surface area contributed by atoms with Gasteiger partial charge in [0.15, 0.2) is 0 Å². The van der Waals surface area contributed by atoms with E-state index in [4.69, 9.17) is 4.74 Å². The molecule has 5 aromatic rings. The highest BCUT2D eigenvalue weighted by molar-refractivity contribution is 5.92. The number of halogens is 4. The van der Waals surface area contributed by atoms with Gasteiger partial charge >= 0.3 is 6.18 Å². The molecule has 0 saturated heterocycles. The average molecular weight is 521 g/mol. The summed E-state index contributed by atoms with van der Waals surface area (Å²) in [7, 11) is 1.53. The predicted molar refractivity (Wildman–Crippen MR) is 133 cm³/mol. The second kappa shape index (κ2) is 9.92. The topological polar surface area (TPSA) is 92.8 Å². The zero-order chi connectivity index (χ0) is 26.9. The lowest BCUT2D eigenvalue weighted by molar-refractivity contribution is -0.137. The molecule has 0 aliphatic rings. The van der Waals surface area contributed by atoms with Crippen LogP contribution < -0.4 is 10.1 Å². The molecule has 0 spiro atoms. The minimum Gasteiger partial charge on any atom is -0.481 e. The minimum absolute atomic E-state index is 0.0997. The third-order valence-corrected chi connectivity index (χ3v) is 5.78. The van der Waals surface area contributed by atoms with E-state index >= 15 is 4.39 Å². The van der Waals surface area contributed by atoms with E-state index in [2.05, 4.69) is 25.3 Å². The van der Waals surface area contributed by atoms with Crippen molar-refractivity contribution in [3.63, 3.8) is 0 Å². The van der Waals surface area contributed by atoms with Gasteiger partial charge in [-0.05, 0) is 35.9 Å². The number of aromatic amines is 1. The van der Waals surface area contributed by atoms with Crippen LogP contribution >= 0.6 is 0 Å². The second-order valence-corrected chi connectivity index (χ2v) is 8.43. The molecule has 4 heterocycles. The van der Waals surface area contributed by atoms with Gasteiger partial charge in [-0.25, -0.2) is 14.4 Å². The fourth-order valence-corrected chi connectivity index (χ4v) is 3.96. The van der Waals surface area contributed by atoms with Crippen molar-refractivity contribution in [2.75, 3.05) is 12.4 Å². The summed E-state index contributed by atoms with van der Waals surface area (Å²) in [4.78, 5) is 27.6. The van der Waals surface area contributed by atoms with Crippen molar-refractivity contribution in [2.45, 2.75) is 12.6 Å². The van der Waals surface area contributed by atoms with Crippen LogP contribution in [0.25, 0.3) is 33.4 Å². The van der Waals surface area contributed by atoms with Crippen molar-refractivity contribution in [1.29, 1.82) is 0 Å². The number of fused-ring (bicyclic) bond motifs is 1. The number of aromatic nitrogens is 4. The Morgan fingerprint density at radius 3 is 2.61 bits per heavy atom. The van der Waals surface area contributed by atoms with Gasteiger partial charge in [0.05, 0.1) is 31.0 Å². The molecule has 5 rings (SSSR count). The second-order valence-electron chi connectivity index (χ2n) is 8.43. The highest BCUT2D eigenvalue weighted by Gasteiger charge is 2.31. The fraction of sp³-hybridized carbons (Fsp3) is 0.111. The summed E-state index contributed by atoms with van der Waals surface area (Å²) >= 11 is 0. The van der Waals surface area contributed by atoms with Crippen molar-refractivity contribution in [1.82, 2.24) is 19.9 Å². The Morgan fingerprint density at radius 2 is 1.84 bits per heavy atom. The van der Waals surface area contributed by atoms with E-state index < -0.39 is 23.5 Å². The first-order chi connectivity index (χ1) is 18.2. The Kier molecular flexibility index (Phi) is 6.50. The molecule has 4 aromatic heterocycles. The predicted octanol–water partition coefficient (Wildman–Crippen LogP) is 6.03. The summed E-state index contributed by atoms with van der Waals surface area (Å²) in [5, 5.41) is 3.13. The van der Waals surface area contributed by atoms with Crippen molar-refractivity contribution >= 4 is 22.6 Å². The van der Waals surface area contributed by atoms with Gasteiger partial charge < -0.3 is 15.0 Å². The van der Waals surface area contributed by atoms with Gasteiger partial charge in [-0.1, -0.05) is 12.1 Å². The molecular formula is C27H19F4N5O2. The van der Waals surface area contributed by atoms with Gasteiger partial charge in [-0.15, -0.1) is 0 Å². The molecule has 0 fully saturated rings. The molecule has 11 heteroatoms. The fourth-order valence-electron chi connectivity index (χ4n) is 3.96. The molecule has 0 saturated carbocycles. The first-order valence-corrected chi connectivity index (χ1v) is 11.3. The molecule has 0 radical (unpaired) electrons. The summed E-state index contributed by atoms with van der Waals surface area (Å²) in [5.74, 6) is -0.696. The number of rotatable bonds is 6. The van der Waals surface area contributed by atoms with Gasteiger partial charge in [0.25, 0.3) is 0 Å². The zero-order valence-corrected chi connectivity index (χ0v) is 19.8. The number of hydrogen-bond donors (Lipinski definition) is 2. The molecule has 2 N–H and O–H groups in total. The van der Waals surface area contributed by atoms with Gasteiger partial charge in [-0.2, -0.15) is 13.2 Å². The lowest BCUT2D eigenvalue weighted by Gasteiger charge is -2.10. The molecule has 192 valence electrons. The molecule has 0 bridgehead atoms. The Bertz CT molecular complexity index is 1650. The van der Waals surface area contributed by atoms with E-state index in [-0.39, 0.29) is 12.1 Å². The molecule has 38 heavy (non-hydrogen) atoms. The van der Waals surface area contributed by atoms with Crippen LogP contribution in [0.2, 0.25) is 0 Å². The summed E-state index contributed by atoms with van der Waals surface area (Å²) in [6.45, 7) is 0. The van der Waals surface area contributed by atoms with E-state index in [1.54, 1.807) is 30.6 Å². The van der Waals surface area contributed by atoms with E-state index in [1.165, 1.54) is 19.2 Å². The minimum atomic E-state index is -4.58. The van der Waals surface area contributed by atoms with Crippen LogP contribution in [0.3, 0.4) is 0 Å². The number of carbonyl (C=O) groups excluding carboxylic acids is 1. The highest BCUT2D eigenvalue weighted by Crippen LogP contribution is 2.31. The molecule has 1 aromatic carbocycles. The van der Waals surface area contributed by atoms with E-state index in [1.807, 2.05) is 12.1 Å². The maximum atomic E-state index is 15.0. The summed E-state index contributed by atoms with van der Waals surface area (Å²) in [6.07, 6.45) is 0.131. The Morgan fingerprint density at radius 1 is 1.00 bits per heavy atom. The number of benzene rings is 1. The largest absolute Gasteiger partial charge is 0.481 e. The van der Waals surface area contributed by atoms with Crippen LogP contribution in [0, 0.1) is 5.82 Å². The van der Waals surface area contributed by atoms with Gasteiger partial charge in [-0.3, -0.25) is 9.78 Å². The van der Waals surface area contributed by atoms with Gasteiger partial charge in [0.1, 0.15) is 11.5 Å². The van der Waals surface area contributed by atoms with Crippen LogP contribution in [0.15, 0.2) is 73.3 Å². The van der Waals surface area contributed by atoms with Crippen molar-refractivity contribution in [3.05, 3.63) is 90.3 Å². The number of H-pyrrole nitrogens is 1. The highest BCUT2D eigenvalue weighted by atomic mass is 19.4. The summed E-state index contributed by atoms with van der Waals surface area (Å²) in [5.41, 5.74) is 2.38. The third kappa shape index (κ3) is 5.31. The van der Waals surface area contributed by atoms with Gasteiger partial charge in [0.2, 0.25) is 11.8 Å². The lowest BCUT2D eigenvalue weighted by atomic mass is 10.0. The van der Waals surface area contributed by atoms with Crippen LogP contribution in [-0.2, 0) is 17.4 Å². The normalized spacial score (nSPS) is 11.5. The van der Waals surface area contributed by atoms with Crippen LogP contribution in [0.1, 0.15) is 11.1 Å². The molecule has 1 amide bonds. The maximum absolute atomic E-state index is 15.0. The Hall–Kier alpha value is -4.80. The van der Waals surface area contributed by atoms with E-state index in [9.17, 15) is 18.0 Å². The number of hydrogen-bond acceptors (Lipinski definition) is 5. The quantitative estimate of drug-likeness (QED) is 0.266. The summed E-state index contributed by atoms with van der Waals surface area (Å²) in [6, 6.07) is 12.4. The van der Waals surface area contributed by atoms with E-state index in [0.717, 1.165) is 28.9 Å². The van der Waals surface area contributed by atoms with E-state index in [0.29, 0.717) is 34.4 Å². The number of anilines is 1. The van der Waals surface area contributed by atoms with Crippen molar-refractivity contribution in [3.8, 4) is 28.3 Å². The molecule has 0 aliphatic carbocycles. The first kappa shape index (κ1) is 24.9. The zero-order valence-electron chi connectivity index (χ0n) is 19.8. The first-order valence-electron chi connectivity index (χ1n) is 11.3. The van der Waals surface area contributed by atoms with Crippen LogP contribution in [0.5, 0.6) is 5.88 Å². The Balaban J connectivity index is 1.33. The number of alkyl halides is 3. The number of amides is 1. The summed E-state index contributed by atoms with van der Waals surface area (Å²) < 4.78 is 58.8. The molecule has 0 unspecified atom stereocenters. The molecule has 0 atom stereocenters. The number of nitrogens with one attached hydrogen (secondary N) is 2. The van der Waals surface area contributed by atoms with Crippen LogP contribution in [-0.4, -0.2) is 33.0 Å². The maximum Gasteiger partial charge on any atom is 0.417 e. The molecular weight excluding hydrogens is 502 g/mol. The smallest absolute Gasteiger partial charge is 0.417 e. The monoisotopic (exact) mass is 521 g/mol. The molecule has 0 aliphatic heterocycles. The average Bonchev–Trinajstić information content (AvgIpc) is 3.32. The number of methoxy groups -OCH3 is 1. The lowest BCUT2D eigenvalue weighted by Crippen LogP contribution is -2.15. The standard InChI is InChI=1S/C27H19F4N5O2/c1-38-25-10-16(4-5-33-25)23-9-17-8-18(12-34-26(17)36-23)21-3-2-15(6-22(21)28)7-24(37)35-20-11-19(13-32-14-20)27(29,30)31/h2-6,8-14H,7H2,1H3,(H,34,36)(H,35,37). The number of nitrogens with zero attached hydrogens (tertiary/aromatic N) is 3. The number of carbonyl (C=O) groups is 1. The van der Waals surface area contributed by atoms with Crippen molar-refractivity contribution < 1.29 is 27.1 Å². The Labute approximate surface area is 213 Å². The van der Waals surface area contributed by atoms with Crippen molar-refractivity contribution in [2.24, 2.45) is 0 Å². The third-order valence-electron chi connectivity index (χ3n) is 5.78. The SMILES string of the molecule is COc1cc(-c2cc3cc(-c4ccc(CC(=O)Nc5cncc(C(F)(F)F)c5)cc4F)cnc3[nH]2)ccn1. The van der Waals surface area contributed by atoms with Gasteiger partial charge in [0, 0.05) is 52.4 Å². The van der Waals surface area contributed by atoms with Crippen LogP contribution in [0.4, 0.5) is 23.2 Å². The molecule has 7 nitrogen and oxygen atoms in total. The number of pyridine rings is 3.